The van der Waals surface area contributed by atoms with E-state index in [1.807, 2.05) is 60.7 Å². The van der Waals surface area contributed by atoms with Crippen LogP contribution < -0.4 is 0 Å². The molecule has 2 aromatic rings. The number of allylic oxidation sites excluding steroid dienone is 1. The van der Waals surface area contributed by atoms with Crippen molar-refractivity contribution in [1.29, 1.82) is 0 Å². The quantitative estimate of drug-likeness (QED) is 0.312. The molecule has 2 aromatic carbocycles. The van der Waals surface area contributed by atoms with Gasteiger partial charge in [0.25, 0.3) is 0 Å². The van der Waals surface area contributed by atoms with Crippen LogP contribution in [0.4, 0.5) is 0 Å². The molecule has 6 rings (SSSR count). The molecule has 4 aliphatic rings. The molecule has 8 atom stereocenters. The number of esters is 2. The molecule has 200 valence electrons. The molecule has 4 heteroatoms. The zero-order chi connectivity index (χ0) is 26.5. The molecule has 4 aliphatic carbocycles. The van der Waals surface area contributed by atoms with Gasteiger partial charge in [0.1, 0.15) is 12.2 Å². The third kappa shape index (κ3) is 4.21. The van der Waals surface area contributed by atoms with Gasteiger partial charge in [-0.05, 0) is 105 Å². The molecule has 0 aliphatic heterocycles. The fraction of sp³-hybridized carbons (Fsp3) is 0.529. The van der Waals surface area contributed by atoms with Crippen LogP contribution in [0.15, 0.2) is 72.8 Å². The van der Waals surface area contributed by atoms with E-state index >= 15 is 0 Å². The van der Waals surface area contributed by atoms with Crippen molar-refractivity contribution in [2.45, 2.75) is 77.4 Å². The van der Waals surface area contributed by atoms with Crippen molar-refractivity contribution in [2.75, 3.05) is 0 Å². The van der Waals surface area contributed by atoms with E-state index in [9.17, 15) is 9.59 Å². The van der Waals surface area contributed by atoms with Crippen LogP contribution in [0.1, 0.15) is 85.9 Å². The summed E-state index contributed by atoms with van der Waals surface area (Å²) in [6.07, 6.45) is 8.18. The average Bonchev–Trinajstić information content (AvgIpc) is 3.26. The Balaban J connectivity index is 1.15. The third-order valence-electron chi connectivity index (χ3n) is 11.0. The summed E-state index contributed by atoms with van der Waals surface area (Å²) in [4.78, 5) is 25.7. The topological polar surface area (TPSA) is 52.6 Å². The number of hydrogen-bond donors (Lipinski definition) is 0. The second kappa shape index (κ2) is 9.70. The molecule has 0 saturated heterocycles. The van der Waals surface area contributed by atoms with E-state index in [2.05, 4.69) is 20.4 Å². The number of carbonyl (C=O) groups excluding carboxylic acids is 2. The molecular formula is C34H40O4. The van der Waals surface area contributed by atoms with E-state index in [1.165, 1.54) is 5.57 Å². The minimum absolute atomic E-state index is 0.000158. The van der Waals surface area contributed by atoms with E-state index in [-0.39, 0.29) is 35.0 Å². The first-order valence-electron chi connectivity index (χ1n) is 14.5. The van der Waals surface area contributed by atoms with Crippen molar-refractivity contribution in [2.24, 2.45) is 34.5 Å². The van der Waals surface area contributed by atoms with E-state index < -0.39 is 0 Å². The lowest BCUT2D eigenvalue weighted by Gasteiger charge is -2.61. The summed E-state index contributed by atoms with van der Waals surface area (Å²) in [5.41, 5.74) is 2.88. The van der Waals surface area contributed by atoms with Gasteiger partial charge in [0.05, 0.1) is 11.1 Å². The standard InChI is InChI=1S/C34H40O4/c1-22-20-25-21-26(37-31(35)23-10-6-4-7-11-23)16-18-33(25,2)28-17-19-34(3)27(30(22)28)14-15-29(34)38-32(36)24-12-8-5-9-13-24/h4-13,25-30H,1,14-21H2,2-3H3/t25-,26+,27+,28+,29+,30+,33+,34+/m1/s1. The van der Waals surface area contributed by atoms with Gasteiger partial charge in [-0.1, -0.05) is 62.4 Å². The Kier molecular flexibility index (Phi) is 6.48. The van der Waals surface area contributed by atoms with Crippen LogP contribution in [0.5, 0.6) is 0 Å². The lowest BCUT2D eigenvalue weighted by Crippen LogP contribution is -2.55. The van der Waals surface area contributed by atoms with Gasteiger partial charge in [-0.15, -0.1) is 0 Å². The van der Waals surface area contributed by atoms with Gasteiger partial charge in [-0.25, -0.2) is 9.59 Å². The van der Waals surface area contributed by atoms with Crippen LogP contribution >= 0.6 is 0 Å². The highest BCUT2D eigenvalue weighted by Gasteiger charge is 2.62. The predicted molar refractivity (Wildman–Crippen MR) is 148 cm³/mol. The van der Waals surface area contributed by atoms with E-state index in [0.717, 1.165) is 51.4 Å². The second-order valence-electron chi connectivity index (χ2n) is 12.9. The van der Waals surface area contributed by atoms with Crippen LogP contribution in [0, 0.1) is 34.5 Å². The van der Waals surface area contributed by atoms with Gasteiger partial charge in [0, 0.05) is 5.41 Å². The zero-order valence-corrected chi connectivity index (χ0v) is 22.7. The minimum Gasteiger partial charge on any atom is -0.459 e. The Morgan fingerprint density at radius 1 is 0.763 bits per heavy atom. The fourth-order valence-corrected chi connectivity index (χ4v) is 8.90. The highest BCUT2D eigenvalue weighted by atomic mass is 16.5. The molecule has 0 bridgehead atoms. The summed E-state index contributed by atoms with van der Waals surface area (Å²) in [7, 11) is 0. The maximum atomic E-state index is 12.9. The number of carbonyl (C=O) groups is 2. The summed E-state index contributed by atoms with van der Waals surface area (Å²) < 4.78 is 12.2. The van der Waals surface area contributed by atoms with Crippen molar-refractivity contribution in [3.05, 3.63) is 83.9 Å². The smallest absolute Gasteiger partial charge is 0.338 e. The number of hydrogen-bond acceptors (Lipinski definition) is 4. The van der Waals surface area contributed by atoms with Crippen LogP contribution in [0.25, 0.3) is 0 Å². The van der Waals surface area contributed by atoms with Crippen LogP contribution in [0.2, 0.25) is 0 Å². The van der Waals surface area contributed by atoms with Crippen LogP contribution in [-0.2, 0) is 9.47 Å². The largest absolute Gasteiger partial charge is 0.459 e. The van der Waals surface area contributed by atoms with Crippen molar-refractivity contribution in [3.63, 3.8) is 0 Å². The lowest BCUT2D eigenvalue weighted by atomic mass is 9.44. The highest BCUT2D eigenvalue weighted by Crippen LogP contribution is 2.67. The van der Waals surface area contributed by atoms with E-state index in [0.29, 0.717) is 34.8 Å². The SMILES string of the molecule is C=C1C[C@@H]2C[C@@H](OC(=O)c3ccccc3)CC[C@]2(C)[C@H]2CC[C@]3(C)[C@@H](OC(=O)c4ccccc4)CC[C@H]3[C@H]12. The normalized spacial score (nSPS) is 37.9. The van der Waals surface area contributed by atoms with Gasteiger partial charge >= 0.3 is 11.9 Å². The molecule has 4 saturated carbocycles. The summed E-state index contributed by atoms with van der Waals surface area (Å²) in [5, 5.41) is 0. The Hall–Kier alpha value is -2.88. The molecule has 4 nitrogen and oxygen atoms in total. The molecule has 0 heterocycles. The zero-order valence-electron chi connectivity index (χ0n) is 22.7. The molecule has 0 aromatic heterocycles. The molecule has 0 spiro atoms. The third-order valence-corrected chi connectivity index (χ3v) is 11.0. The number of benzene rings is 2. The molecule has 0 amide bonds. The molecule has 0 N–H and O–H groups in total. The summed E-state index contributed by atoms with van der Waals surface area (Å²) in [6.45, 7) is 9.53. The number of fused-ring (bicyclic) bond motifs is 5. The summed E-state index contributed by atoms with van der Waals surface area (Å²) in [5.74, 6) is 1.68. The Morgan fingerprint density at radius 2 is 1.34 bits per heavy atom. The monoisotopic (exact) mass is 512 g/mol. The van der Waals surface area contributed by atoms with Gasteiger partial charge in [0.2, 0.25) is 0 Å². The Morgan fingerprint density at radius 3 is 2.00 bits per heavy atom. The van der Waals surface area contributed by atoms with E-state index in [4.69, 9.17) is 9.47 Å². The first-order chi connectivity index (χ1) is 18.3. The maximum absolute atomic E-state index is 12.9. The summed E-state index contributed by atoms with van der Waals surface area (Å²) >= 11 is 0. The maximum Gasteiger partial charge on any atom is 0.338 e. The van der Waals surface area contributed by atoms with Crippen molar-refractivity contribution in [3.8, 4) is 0 Å². The number of rotatable bonds is 4. The van der Waals surface area contributed by atoms with Crippen LogP contribution in [0.3, 0.4) is 0 Å². The molecule has 0 unspecified atom stereocenters. The van der Waals surface area contributed by atoms with Gasteiger partial charge in [-0.2, -0.15) is 0 Å². The number of ether oxygens (including phenoxy) is 2. The van der Waals surface area contributed by atoms with Crippen molar-refractivity contribution in [1.82, 2.24) is 0 Å². The predicted octanol–water partition coefficient (Wildman–Crippen LogP) is 7.65. The molecule has 4 fully saturated rings. The highest BCUT2D eigenvalue weighted by molar-refractivity contribution is 5.89. The molecule has 0 radical (unpaired) electrons. The first kappa shape index (κ1) is 25.4. The Bertz CT molecular complexity index is 1210. The molecule has 38 heavy (non-hydrogen) atoms. The lowest BCUT2D eigenvalue weighted by molar-refractivity contribution is -0.116. The minimum atomic E-state index is -0.206. The van der Waals surface area contributed by atoms with Gasteiger partial charge < -0.3 is 9.47 Å². The average molecular weight is 513 g/mol. The first-order valence-corrected chi connectivity index (χ1v) is 14.5. The van der Waals surface area contributed by atoms with Crippen molar-refractivity contribution >= 4 is 11.9 Å². The Labute approximate surface area is 226 Å². The summed E-state index contributed by atoms with van der Waals surface area (Å²) in [6, 6.07) is 18.7. The second-order valence-corrected chi connectivity index (χ2v) is 12.9. The van der Waals surface area contributed by atoms with Crippen molar-refractivity contribution < 1.29 is 19.1 Å². The molecular weight excluding hydrogens is 472 g/mol. The van der Waals surface area contributed by atoms with Gasteiger partial charge in [-0.3, -0.25) is 0 Å². The van der Waals surface area contributed by atoms with Gasteiger partial charge in [0.15, 0.2) is 0 Å². The fourth-order valence-electron chi connectivity index (χ4n) is 8.90. The van der Waals surface area contributed by atoms with Crippen LogP contribution in [-0.4, -0.2) is 24.1 Å². The van der Waals surface area contributed by atoms with E-state index in [1.54, 1.807) is 0 Å².